The van der Waals surface area contributed by atoms with Crippen molar-refractivity contribution in [1.82, 2.24) is 10.0 Å². The van der Waals surface area contributed by atoms with E-state index < -0.39 is 0 Å². The molecule has 1 rings (SSSR count). The van der Waals surface area contributed by atoms with E-state index in [9.17, 15) is 0 Å². The summed E-state index contributed by atoms with van der Waals surface area (Å²) in [5, 5.41) is 4.36. The van der Waals surface area contributed by atoms with E-state index in [1.807, 2.05) is 0 Å². The molecule has 0 bridgehead atoms. The van der Waals surface area contributed by atoms with Crippen LogP contribution in [0.15, 0.2) is 0 Å². The molecule has 2 heteroatoms. The van der Waals surface area contributed by atoms with Gasteiger partial charge in [-0.25, -0.2) is 10.0 Å². The average molecular weight is 124 g/mol. The molecule has 50 valence electrons. The third kappa shape index (κ3) is 1.44. The van der Waals surface area contributed by atoms with Crippen molar-refractivity contribution in [3.8, 4) is 12.3 Å². The van der Waals surface area contributed by atoms with E-state index in [1.165, 1.54) is 6.42 Å². The van der Waals surface area contributed by atoms with Crippen LogP contribution in [-0.2, 0) is 0 Å². The van der Waals surface area contributed by atoms with E-state index in [4.69, 9.17) is 6.42 Å². The minimum absolute atomic E-state index is 0.760. The Bertz CT molecular complexity index is 125. The second-order valence-corrected chi connectivity index (χ2v) is 2.33. The Labute approximate surface area is 56.4 Å². The first-order valence-corrected chi connectivity index (χ1v) is 3.24. The molecule has 0 spiro atoms. The molecule has 0 unspecified atom stereocenters. The van der Waals surface area contributed by atoms with Gasteiger partial charge in [0.15, 0.2) is 0 Å². The van der Waals surface area contributed by atoms with Crippen molar-refractivity contribution in [3.05, 3.63) is 0 Å². The normalized spacial score (nSPS) is 22.2. The van der Waals surface area contributed by atoms with Crippen LogP contribution in [0.1, 0.15) is 6.42 Å². The van der Waals surface area contributed by atoms with Gasteiger partial charge in [-0.3, -0.25) is 0 Å². The van der Waals surface area contributed by atoms with Gasteiger partial charge in [0.2, 0.25) is 0 Å². The van der Waals surface area contributed by atoms with Crippen molar-refractivity contribution in [3.63, 3.8) is 0 Å². The van der Waals surface area contributed by atoms with Crippen LogP contribution < -0.4 is 0 Å². The first kappa shape index (κ1) is 6.60. The fraction of sp³-hybridized carbons (Fsp3) is 0.714. The standard InChI is InChI=1S/C7H12N2/c1-3-5-9-7-4-6-8(9)2/h1H,4-7H2,2H3. The summed E-state index contributed by atoms with van der Waals surface area (Å²) in [7, 11) is 2.07. The quantitative estimate of drug-likeness (QED) is 0.460. The highest BCUT2D eigenvalue weighted by Crippen LogP contribution is 2.04. The maximum absolute atomic E-state index is 5.15. The molecule has 0 aliphatic carbocycles. The van der Waals surface area contributed by atoms with Gasteiger partial charge in [-0.1, -0.05) is 5.92 Å². The summed E-state index contributed by atoms with van der Waals surface area (Å²) in [5.41, 5.74) is 0. The van der Waals surface area contributed by atoms with Crippen molar-refractivity contribution < 1.29 is 0 Å². The van der Waals surface area contributed by atoms with E-state index in [0.717, 1.165) is 19.6 Å². The lowest BCUT2D eigenvalue weighted by atomic mass is 10.4. The molecule has 0 atom stereocenters. The molecule has 1 saturated heterocycles. The summed E-state index contributed by atoms with van der Waals surface area (Å²) < 4.78 is 0. The minimum Gasteiger partial charge on any atom is -0.244 e. The molecule has 1 aliphatic heterocycles. The molecule has 2 nitrogen and oxygen atoms in total. The molecule has 1 aliphatic rings. The third-order valence-electron chi connectivity index (χ3n) is 1.65. The van der Waals surface area contributed by atoms with E-state index in [2.05, 4.69) is 23.0 Å². The molecule has 0 aromatic carbocycles. The van der Waals surface area contributed by atoms with Gasteiger partial charge in [0, 0.05) is 20.1 Å². The molecule has 1 heterocycles. The zero-order valence-electron chi connectivity index (χ0n) is 5.80. The monoisotopic (exact) mass is 124 g/mol. The maximum Gasteiger partial charge on any atom is 0.0742 e. The Morgan fingerprint density at radius 3 is 2.78 bits per heavy atom. The van der Waals surface area contributed by atoms with Gasteiger partial charge in [-0.05, 0) is 6.42 Å². The summed E-state index contributed by atoms with van der Waals surface area (Å²) in [6, 6.07) is 0. The number of terminal acetylenes is 1. The third-order valence-corrected chi connectivity index (χ3v) is 1.65. The summed E-state index contributed by atoms with van der Waals surface area (Å²) in [4.78, 5) is 0. The Morgan fingerprint density at radius 2 is 2.33 bits per heavy atom. The lowest BCUT2D eigenvalue weighted by molar-refractivity contribution is 0.0730. The Kier molecular flexibility index (Phi) is 2.10. The lowest BCUT2D eigenvalue weighted by Crippen LogP contribution is -2.33. The zero-order valence-corrected chi connectivity index (χ0v) is 5.80. The van der Waals surface area contributed by atoms with Crippen LogP contribution in [0.25, 0.3) is 0 Å². The Hall–Kier alpha value is -0.520. The smallest absolute Gasteiger partial charge is 0.0742 e. The second-order valence-electron chi connectivity index (χ2n) is 2.33. The van der Waals surface area contributed by atoms with Crippen LogP contribution >= 0.6 is 0 Å². The van der Waals surface area contributed by atoms with Gasteiger partial charge in [0.1, 0.15) is 0 Å². The minimum atomic E-state index is 0.760. The van der Waals surface area contributed by atoms with Gasteiger partial charge < -0.3 is 0 Å². The number of hydrogen-bond acceptors (Lipinski definition) is 2. The van der Waals surface area contributed by atoms with Gasteiger partial charge in [-0.2, -0.15) is 0 Å². The fourth-order valence-electron chi connectivity index (χ4n) is 1.10. The first-order valence-electron chi connectivity index (χ1n) is 3.24. The second kappa shape index (κ2) is 2.86. The highest BCUT2D eigenvalue weighted by molar-refractivity contribution is 4.88. The van der Waals surface area contributed by atoms with E-state index in [0.29, 0.717) is 0 Å². The number of hydrazine groups is 1. The summed E-state index contributed by atoms with van der Waals surface area (Å²) >= 11 is 0. The van der Waals surface area contributed by atoms with Crippen LogP contribution in [0.3, 0.4) is 0 Å². The topological polar surface area (TPSA) is 6.48 Å². The van der Waals surface area contributed by atoms with Gasteiger partial charge in [-0.15, -0.1) is 6.42 Å². The lowest BCUT2D eigenvalue weighted by Gasteiger charge is -2.20. The molecule has 0 aromatic rings. The summed E-state index contributed by atoms with van der Waals surface area (Å²) in [6.07, 6.45) is 6.40. The Morgan fingerprint density at radius 1 is 1.56 bits per heavy atom. The first-order chi connectivity index (χ1) is 4.34. The van der Waals surface area contributed by atoms with Gasteiger partial charge in [0.05, 0.1) is 6.54 Å². The number of hydrogen-bond donors (Lipinski definition) is 0. The van der Waals surface area contributed by atoms with Crippen LogP contribution in [0.5, 0.6) is 0 Å². The molecule has 1 fully saturated rings. The fourth-order valence-corrected chi connectivity index (χ4v) is 1.10. The summed E-state index contributed by atoms with van der Waals surface area (Å²) in [6.45, 7) is 3.04. The number of nitrogens with zero attached hydrogens (tertiary/aromatic N) is 2. The van der Waals surface area contributed by atoms with Crippen molar-refractivity contribution in [2.75, 3.05) is 26.7 Å². The van der Waals surface area contributed by atoms with Crippen LogP contribution in [0.2, 0.25) is 0 Å². The molecule has 0 radical (unpaired) electrons. The van der Waals surface area contributed by atoms with Gasteiger partial charge in [0.25, 0.3) is 0 Å². The molecule has 0 amide bonds. The highest BCUT2D eigenvalue weighted by atomic mass is 15.6. The van der Waals surface area contributed by atoms with E-state index >= 15 is 0 Å². The molecular formula is C7H12N2. The van der Waals surface area contributed by atoms with Crippen LogP contribution in [0, 0.1) is 12.3 Å². The molecule has 0 aromatic heterocycles. The van der Waals surface area contributed by atoms with Crippen molar-refractivity contribution in [2.45, 2.75) is 6.42 Å². The predicted molar refractivity (Wildman–Crippen MR) is 37.7 cm³/mol. The average Bonchev–Trinajstić information content (AvgIpc) is 2.18. The summed E-state index contributed by atoms with van der Waals surface area (Å²) in [5.74, 6) is 2.62. The van der Waals surface area contributed by atoms with Crippen molar-refractivity contribution in [2.24, 2.45) is 0 Å². The molecule has 9 heavy (non-hydrogen) atoms. The molecule has 0 N–H and O–H groups in total. The Balaban J connectivity index is 2.33. The van der Waals surface area contributed by atoms with E-state index in [1.54, 1.807) is 0 Å². The van der Waals surface area contributed by atoms with Crippen LogP contribution in [-0.4, -0.2) is 36.7 Å². The number of rotatable bonds is 1. The highest BCUT2D eigenvalue weighted by Gasteiger charge is 2.15. The largest absolute Gasteiger partial charge is 0.244 e. The zero-order chi connectivity index (χ0) is 6.69. The molecule has 0 saturated carbocycles. The SMILES string of the molecule is C#CCN1CCCN1C. The van der Waals surface area contributed by atoms with Crippen LogP contribution in [0.4, 0.5) is 0 Å². The van der Waals surface area contributed by atoms with Gasteiger partial charge >= 0.3 is 0 Å². The van der Waals surface area contributed by atoms with Crippen molar-refractivity contribution >= 4 is 0 Å². The van der Waals surface area contributed by atoms with Crippen molar-refractivity contribution in [1.29, 1.82) is 0 Å². The molecular weight excluding hydrogens is 112 g/mol. The predicted octanol–water partition coefficient (Wildman–Crippen LogP) is 0.172. The maximum atomic E-state index is 5.15. The van der Waals surface area contributed by atoms with E-state index in [-0.39, 0.29) is 0 Å².